The lowest BCUT2D eigenvalue weighted by atomic mass is 9.89. The van der Waals surface area contributed by atoms with Crippen LogP contribution in [0.5, 0.6) is 17.2 Å². The molecule has 0 bridgehead atoms. The van der Waals surface area contributed by atoms with Crippen LogP contribution in [0.1, 0.15) is 19.3 Å². The van der Waals surface area contributed by atoms with Crippen molar-refractivity contribution < 1.29 is 14.9 Å². The van der Waals surface area contributed by atoms with Crippen LogP contribution < -0.4 is 4.74 Å². The Morgan fingerprint density at radius 2 is 1.52 bits per heavy atom. The SMILES string of the molecule is Oc1ccc(-c2ccc3cc(O)ccc3c2-c2cccc(OCCN3CCCCC3)c2)cc1. The van der Waals surface area contributed by atoms with Gasteiger partial charge in [-0.1, -0.05) is 48.9 Å². The monoisotopic (exact) mass is 439 g/mol. The van der Waals surface area contributed by atoms with Gasteiger partial charge >= 0.3 is 0 Å². The normalized spacial score (nSPS) is 14.4. The van der Waals surface area contributed by atoms with Crippen LogP contribution in [0.4, 0.5) is 0 Å². The summed E-state index contributed by atoms with van der Waals surface area (Å²) in [5.74, 6) is 1.35. The van der Waals surface area contributed by atoms with Gasteiger partial charge < -0.3 is 14.9 Å². The summed E-state index contributed by atoms with van der Waals surface area (Å²) in [5, 5.41) is 21.8. The molecule has 0 amide bonds. The number of hydrogen-bond acceptors (Lipinski definition) is 4. The minimum absolute atomic E-state index is 0.245. The quantitative estimate of drug-likeness (QED) is 0.362. The van der Waals surface area contributed by atoms with E-state index in [1.54, 1.807) is 24.3 Å². The molecule has 0 spiro atoms. The fourth-order valence-corrected chi connectivity index (χ4v) is 4.73. The van der Waals surface area contributed by atoms with Gasteiger partial charge in [0.15, 0.2) is 0 Å². The Morgan fingerprint density at radius 1 is 0.727 bits per heavy atom. The number of phenolic OH excluding ortho intramolecular Hbond substituents is 2. The number of aromatic hydroxyl groups is 2. The van der Waals surface area contributed by atoms with Crippen molar-refractivity contribution in [3.8, 4) is 39.5 Å². The topological polar surface area (TPSA) is 52.9 Å². The molecule has 0 unspecified atom stereocenters. The molecule has 0 saturated carbocycles. The van der Waals surface area contributed by atoms with E-state index in [2.05, 4.69) is 23.1 Å². The van der Waals surface area contributed by atoms with Gasteiger partial charge in [-0.05, 0) is 95.4 Å². The number of ether oxygens (including phenoxy) is 1. The highest BCUT2D eigenvalue weighted by Crippen LogP contribution is 2.40. The van der Waals surface area contributed by atoms with Crippen molar-refractivity contribution in [1.82, 2.24) is 4.90 Å². The first-order valence-electron chi connectivity index (χ1n) is 11.7. The predicted octanol–water partition coefficient (Wildman–Crippen LogP) is 6.45. The molecule has 5 rings (SSSR count). The summed E-state index contributed by atoms with van der Waals surface area (Å²) >= 11 is 0. The molecule has 0 radical (unpaired) electrons. The number of piperidine rings is 1. The summed E-state index contributed by atoms with van der Waals surface area (Å²) in [6.07, 6.45) is 3.91. The van der Waals surface area contributed by atoms with Crippen LogP contribution in [0.2, 0.25) is 0 Å². The molecule has 1 saturated heterocycles. The zero-order chi connectivity index (χ0) is 22.6. The summed E-state index contributed by atoms with van der Waals surface area (Å²) in [7, 11) is 0. The molecule has 4 nitrogen and oxygen atoms in total. The molecule has 4 aromatic rings. The number of likely N-dealkylation sites (tertiary alicyclic amines) is 1. The van der Waals surface area contributed by atoms with E-state index in [1.165, 1.54) is 32.4 Å². The van der Waals surface area contributed by atoms with Gasteiger partial charge in [0.25, 0.3) is 0 Å². The van der Waals surface area contributed by atoms with Crippen molar-refractivity contribution in [1.29, 1.82) is 0 Å². The molecule has 4 aromatic carbocycles. The lowest BCUT2D eigenvalue weighted by Crippen LogP contribution is -2.33. The van der Waals surface area contributed by atoms with Gasteiger partial charge in [0.05, 0.1) is 0 Å². The van der Waals surface area contributed by atoms with E-state index in [0.717, 1.165) is 45.3 Å². The van der Waals surface area contributed by atoms with Crippen molar-refractivity contribution in [2.75, 3.05) is 26.2 Å². The number of rotatable bonds is 6. The third-order valence-electron chi connectivity index (χ3n) is 6.43. The summed E-state index contributed by atoms with van der Waals surface area (Å²) < 4.78 is 6.15. The summed E-state index contributed by atoms with van der Waals surface area (Å²) in [6.45, 7) is 3.97. The number of benzene rings is 4. The minimum Gasteiger partial charge on any atom is -0.508 e. The standard InChI is InChI=1S/C29H29NO3/c31-24-10-7-21(8-11-24)27-13-9-22-19-25(32)12-14-28(22)29(27)23-5-4-6-26(20-23)33-18-17-30-15-2-1-3-16-30/h4-14,19-20,31-32H,1-3,15-18H2. The van der Waals surface area contributed by atoms with E-state index in [9.17, 15) is 10.2 Å². The first-order chi connectivity index (χ1) is 16.2. The second kappa shape index (κ2) is 9.55. The number of fused-ring (bicyclic) bond motifs is 1. The Bertz CT molecular complexity index is 1240. The van der Waals surface area contributed by atoms with Crippen molar-refractivity contribution in [2.45, 2.75) is 19.3 Å². The van der Waals surface area contributed by atoms with Gasteiger partial charge in [-0.25, -0.2) is 0 Å². The highest BCUT2D eigenvalue weighted by molar-refractivity contribution is 6.04. The predicted molar refractivity (Wildman–Crippen MR) is 134 cm³/mol. The summed E-state index contributed by atoms with van der Waals surface area (Å²) in [6, 6.07) is 25.1. The first kappa shape index (κ1) is 21.4. The Labute approximate surface area is 194 Å². The van der Waals surface area contributed by atoms with Crippen LogP contribution in [0.15, 0.2) is 78.9 Å². The van der Waals surface area contributed by atoms with Crippen molar-refractivity contribution in [3.63, 3.8) is 0 Å². The fraction of sp³-hybridized carbons (Fsp3) is 0.241. The molecule has 0 aliphatic carbocycles. The van der Waals surface area contributed by atoms with E-state index < -0.39 is 0 Å². The smallest absolute Gasteiger partial charge is 0.119 e. The molecule has 1 aliphatic heterocycles. The zero-order valence-electron chi connectivity index (χ0n) is 18.7. The Kier molecular flexibility index (Phi) is 6.18. The van der Waals surface area contributed by atoms with E-state index in [1.807, 2.05) is 36.4 Å². The van der Waals surface area contributed by atoms with Gasteiger partial charge in [0.2, 0.25) is 0 Å². The molecule has 4 heteroatoms. The highest BCUT2D eigenvalue weighted by Gasteiger charge is 2.14. The molecule has 1 heterocycles. The summed E-state index contributed by atoms with van der Waals surface area (Å²) in [5.41, 5.74) is 4.23. The Hall–Kier alpha value is -3.50. The Balaban J connectivity index is 1.50. The first-order valence-corrected chi connectivity index (χ1v) is 11.7. The van der Waals surface area contributed by atoms with Gasteiger partial charge in [0, 0.05) is 6.54 Å². The molecule has 1 fully saturated rings. The zero-order valence-corrected chi connectivity index (χ0v) is 18.7. The third-order valence-corrected chi connectivity index (χ3v) is 6.43. The molecular formula is C29H29NO3. The van der Waals surface area contributed by atoms with Gasteiger partial charge in [-0.2, -0.15) is 0 Å². The van der Waals surface area contributed by atoms with E-state index in [4.69, 9.17) is 4.74 Å². The van der Waals surface area contributed by atoms with Crippen LogP contribution in [-0.4, -0.2) is 41.4 Å². The molecular weight excluding hydrogens is 410 g/mol. The third kappa shape index (κ3) is 4.81. The maximum Gasteiger partial charge on any atom is 0.119 e. The number of phenols is 2. The van der Waals surface area contributed by atoms with Gasteiger partial charge in [-0.3, -0.25) is 4.90 Å². The maximum absolute atomic E-state index is 10.0. The molecule has 168 valence electrons. The molecule has 33 heavy (non-hydrogen) atoms. The van der Waals surface area contributed by atoms with Crippen LogP contribution in [0.3, 0.4) is 0 Å². The summed E-state index contributed by atoms with van der Waals surface area (Å²) in [4.78, 5) is 2.48. The average Bonchev–Trinajstić information content (AvgIpc) is 2.85. The van der Waals surface area contributed by atoms with Crippen molar-refractivity contribution >= 4 is 10.8 Å². The van der Waals surface area contributed by atoms with E-state index >= 15 is 0 Å². The number of nitrogens with zero attached hydrogens (tertiary/aromatic N) is 1. The van der Waals surface area contributed by atoms with Gasteiger partial charge in [0.1, 0.15) is 23.9 Å². The minimum atomic E-state index is 0.245. The lowest BCUT2D eigenvalue weighted by Gasteiger charge is -2.26. The van der Waals surface area contributed by atoms with E-state index in [-0.39, 0.29) is 11.5 Å². The molecule has 0 aromatic heterocycles. The van der Waals surface area contributed by atoms with Gasteiger partial charge in [-0.15, -0.1) is 0 Å². The van der Waals surface area contributed by atoms with Crippen LogP contribution in [0, 0.1) is 0 Å². The fourth-order valence-electron chi connectivity index (χ4n) is 4.73. The largest absolute Gasteiger partial charge is 0.508 e. The van der Waals surface area contributed by atoms with Crippen LogP contribution in [0.25, 0.3) is 33.0 Å². The second-order valence-corrected chi connectivity index (χ2v) is 8.72. The maximum atomic E-state index is 10.0. The molecule has 2 N–H and O–H groups in total. The van der Waals surface area contributed by atoms with Crippen molar-refractivity contribution in [3.05, 3.63) is 78.9 Å². The lowest BCUT2D eigenvalue weighted by molar-refractivity contribution is 0.183. The van der Waals surface area contributed by atoms with Crippen LogP contribution >= 0.6 is 0 Å². The number of hydrogen-bond donors (Lipinski definition) is 2. The Morgan fingerprint density at radius 3 is 2.33 bits per heavy atom. The van der Waals surface area contributed by atoms with Crippen LogP contribution in [-0.2, 0) is 0 Å². The molecule has 1 aliphatic rings. The highest BCUT2D eigenvalue weighted by atomic mass is 16.5. The average molecular weight is 440 g/mol. The molecule has 0 atom stereocenters. The van der Waals surface area contributed by atoms with E-state index in [0.29, 0.717) is 6.61 Å². The van der Waals surface area contributed by atoms with Crippen molar-refractivity contribution in [2.24, 2.45) is 0 Å². The second-order valence-electron chi connectivity index (χ2n) is 8.72.